The molecule has 218 valence electrons. The van der Waals surface area contributed by atoms with Crippen LogP contribution >= 0.6 is 24.0 Å². The average molecular weight is 596 g/mol. The smallest absolute Gasteiger partial charge is 0.270 e. The summed E-state index contributed by atoms with van der Waals surface area (Å²) in [5, 5.41) is 9.96. The van der Waals surface area contributed by atoms with Crippen LogP contribution in [0.25, 0.3) is 6.08 Å². The van der Waals surface area contributed by atoms with E-state index in [1.54, 1.807) is 28.5 Å². The summed E-state index contributed by atoms with van der Waals surface area (Å²) in [6.07, 6.45) is 7.65. The minimum atomic E-state index is -0.314. The van der Waals surface area contributed by atoms with Crippen LogP contribution in [0.2, 0.25) is 0 Å². The molecule has 0 saturated carbocycles. The Morgan fingerprint density at radius 1 is 1.00 bits per heavy atom. The van der Waals surface area contributed by atoms with Gasteiger partial charge in [-0.05, 0) is 43.5 Å². The van der Waals surface area contributed by atoms with Gasteiger partial charge in [0.1, 0.15) is 27.6 Å². The van der Waals surface area contributed by atoms with Gasteiger partial charge >= 0.3 is 0 Å². The van der Waals surface area contributed by atoms with E-state index >= 15 is 0 Å². The molecule has 2 aliphatic heterocycles. The first-order chi connectivity index (χ1) is 19.8. The summed E-state index contributed by atoms with van der Waals surface area (Å²) in [5.41, 5.74) is 1.60. The van der Waals surface area contributed by atoms with Crippen molar-refractivity contribution in [2.24, 2.45) is 0 Å². The van der Waals surface area contributed by atoms with Gasteiger partial charge in [-0.15, -0.1) is 0 Å². The molecule has 0 unspecified atom stereocenters. The summed E-state index contributed by atoms with van der Waals surface area (Å²) >= 11 is 6.85. The quantitative estimate of drug-likeness (QED) is 0.177. The number of thioether (sulfide) groups is 1. The molecule has 4 rings (SSSR count). The Balaban J connectivity index is 1.73. The van der Waals surface area contributed by atoms with Crippen molar-refractivity contribution in [3.05, 3.63) is 62.0 Å². The predicted molar refractivity (Wildman–Crippen MR) is 170 cm³/mol. The third-order valence-electron chi connectivity index (χ3n) is 7.74. The van der Waals surface area contributed by atoms with Gasteiger partial charge in [0.25, 0.3) is 11.5 Å². The number of unbranched alkanes of at least 4 members (excludes halogenated alkanes) is 4. The number of anilines is 2. The van der Waals surface area contributed by atoms with Gasteiger partial charge in [-0.3, -0.25) is 19.1 Å². The normalized spacial score (nSPS) is 16.7. The second kappa shape index (κ2) is 14.1. The Kier molecular flexibility index (Phi) is 10.6. The minimum absolute atomic E-state index is 0.0936. The molecule has 3 heterocycles. The van der Waals surface area contributed by atoms with Crippen molar-refractivity contribution in [2.75, 3.05) is 42.5 Å². The zero-order valence-electron chi connectivity index (χ0n) is 24.1. The SMILES string of the molecule is CCCCCCN1C(=O)C(=Cc2c(C)c(C#N)c(=O)n(CCCC)c2N2CCN(c3ccccc3F)CC2)SC1=S. The first kappa shape index (κ1) is 30.8. The first-order valence-electron chi connectivity index (χ1n) is 14.5. The largest absolute Gasteiger partial charge is 0.366 e. The van der Waals surface area contributed by atoms with E-state index in [2.05, 4.69) is 24.8 Å². The van der Waals surface area contributed by atoms with Crippen LogP contribution in [0.5, 0.6) is 0 Å². The van der Waals surface area contributed by atoms with Crippen molar-refractivity contribution >= 4 is 51.8 Å². The highest BCUT2D eigenvalue weighted by Gasteiger charge is 2.33. The van der Waals surface area contributed by atoms with Crippen LogP contribution in [0.15, 0.2) is 34.0 Å². The molecule has 1 amide bonds. The summed E-state index contributed by atoms with van der Waals surface area (Å²) < 4.78 is 16.7. The molecule has 0 aliphatic carbocycles. The van der Waals surface area contributed by atoms with E-state index in [4.69, 9.17) is 12.2 Å². The number of hydrogen-bond donors (Lipinski definition) is 0. The lowest BCUT2D eigenvalue weighted by Crippen LogP contribution is -2.49. The zero-order valence-corrected chi connectivity index (χ0v) is 25.8. The van der Waals surface area contributed by atoms with Crippen molar-refractivity contribution in [3.8, 4) is 6.07 Å². The molecule has 0 radical (unpaired) electrons. The lowest BCUT2D eigenvalue weighted by atomic mass is 10.0. The fourth-order valence-electron chi connectivity index (χ4n) is 5.40. The molecule has 0 bridgehead atoms. The Hall–Kier alpha value is -3.16. The molecule has 7 nitrogen and oxygen atoms in total. The van der Waals surface area contributed by atoms with Crippen LogP contribution in [-0.2, 0) is 11.3 Å². The van der Waals surface area contributed by atoms with Crippen molar-refractivity contribution in [3.63, 3.8) is 0 Å². The number of thiocarbonyl (C=S) groups is 1. The van der Waals surface area contributed by atoms with Crippen molar-refractivity contribution in [2.45, 2.75) is 65.8 Å². The lowest BCUT2D eigenvalue weighted by Gasteiger charge is -2.39. The van der Waals surface area contributed by atoms with Crippen LogP contribution in [0.3, 0.4) is 0 Å². The molecule has 1 aromatic carbocycles. The second-order valence-corrected chi connectivity index (χ2v) is 12.2. The summed E-state index contributed by atoms with van der Waals surface area (Å²) in [5.74, 6) is 0.324. The maximum absolute atomic E-state index is 14.5. The summed E-state index contributed by atoms with van der Waals surface area (Å²) in [6.45, 7) is 9.30. The number of nitrogens with zero attached hydrogens (tertiary/aromatic N) is 5. The fourth-order valence-corrected chi connectivity index (χ4v) is 6.69. The molecule has 2 aliphatic rings. The number of carbonyl (C=O) groups is 1. The van der Waals surface area contributed by atoms with Crippen LogP contribution in [0.1, 0.15) is 69.1 Å². The number of rotatable bonds is 11. The standard InChI is InChI=1S/C31H38FN5O2S2/c1-4-6-8-11-15-37-30(39)27(41-31(37)40)20-23-22(3)24(21-33)29(38)36(14-7-5-2)28(23)35-18-16-34(17-19-35)26-13-10-9-12-25(26)32/h9-10,12-13,20H,4-8,11,14-19H2,1-3H3. The maximum atomic E-state index is 14.5. The predicted octanol–water partition coefficient (Wildman–Crippen LogP) is 6.08. The minimum Gasteiger partial charge on any atom is -0.366 e. The monoisotopic (exact) mass is 595 g/mol. The average Bonchev–Trinajstić information content (AvgIpc) is 3.24. The van der Waals surface area contributed by atoms with E-state index in [0.717, 1.165) is 38.5 Å². The van der Waals surface area contributed by atoms with Gasteiger partial charge in [0.2, 0.25) is 0 Å². The van der Waals surface area contributed by atoms with Gasteiger partial charge in [-0.1, -0.05) is 75.6 Å². The van der Waals surface area contributed by atoms with Gasteiger partial charge in [-0.25, -0.2) is 4.39 Å². The fraction of sp³-hybridized carbons (Fsp3) is 0.484. The maximum Gasteiger partial charge on any atom is 0.270 e. The number of para-hydroxylation sites is 1. The highest BCUT2D eigenvalue weighted by atomic mass is 32.2. The molecular weight excluding hydrogens is 558 g/mol. The van der Waals surface area contributed by atoms with Gasteiger partial charge < -0.3 is 9.80 Å². The van der Waals surface area contributed by atoms with E-state index in [0.29, 0.717) is 71.1 Å². The molecule has 2 fully saturated rings. The summed E-state index contributed by atoms with van der Waals surface area (Å²) in [7, 11) is 0. The van der Waals surface area contributed by atoms with Crippen LogP contribution in [-0.4, -0.2) is 52.4 Å². The lowest BCUT2D eigenvalue weighted by molar-refractivity contribution is -0.122. The number of halogens is 1. The highest BCUT2D eigenvalue weighted by Crippen LogP contribution is 2.36. The molecule has 0 atom stereocenters. The molecule has 0 N–H and O–H groups in total. The van der Waals surface area contributed by atoms with E-state index in [1.807, 2.05) is 17.0 Å². The molecule has 10 heteroatoms. The van der Waals surface area contributed by atoms with E-state index in [9.17, 15) is 19.2 Å². The topological polar surface area (TPSA) is 72.6 Å². The van der Waals surface area contributed by atoms with Gasteiger partial charge in [0.15, 0.2) is 0 Å². The first-order valence-corrected chi connectivity index (χ1v) is 15.7. The third-order valence-corrected chi connectivity index (χ3v) is 9.12. The van der Waals surface area contributed by atoms with Crippen LogP contribution in [0.4, 0.5) is 15.9 Å². The van der Waals surface area contributed by atoms with Crippen molar-refractivity contribution < 1.29 is 9.18 Å². The number of nitriles is 1. The summed E-state index contributed by atoms with van der Waals surface area (Å²) in [6, 6.07) is 8.88. The Morgan fingerprint density at radius 3 is 2.34 bits per heavy atom. The Bertz CT molecular complexity index is 1420. The Labute approximate surface area is 251 Å². The van der Waals surface area contributed by atoms with E-state index < -0.39 is 0 Å². The molecular formula is C31H38FN5O2S2. The zero-order chi connectivity index (χ0) is 29.5. The second-order valence-electron chi connectivity index (χ2n) is 10.5. The molecule has 1 aromatic heterocycles. The number of aromatic nitrogens is 1. The number of carbonyl (C=O) groups excluding carboxylic acids is 1. The van der Waals surface area contributed by atoms with E-state index in [1.165, 1.54) is 17.8 Å². The number of hydrogen-bond acceptors (Lipinski definition) is 7. The molecule has 0 spiro atoms. The van der Waals surface area contributed by atoms with Gasteiger partial charge in [0, 0.05) is 44.8 Å². The van der Waals surface area contributed by atoms with Gasteiger partial charge in [0.05, 0.1) is 10.6 Å². The number of pyridine rings is 1. The van der Waals surface area contributed by atoms with Crippen molar-refractivity contribution in [1.82, 2.24) is 9.47 Å². The molecule has 2 aromatic rings. The Morgan fingerprint density at radius 2 is 1.68 bits per heavy atom. The van der Waals surface area contributed by atoms with E-state index in [-0.39, 0.29) is 22.8 Å². The third kappa shape index (κ3) is 6.68. The number of benzene rings is 1. The summed E-state index contributed by atoms with van der Waals surface area (Å²) in [4.78, 5) is 33.4. The molecule has 41 heavy (non-hydrogen) atoms. The number of amides is 1. The molecule has 2 saturated heterocycles. The van der Waals surface area contributed by atoms with Gasteiger partial charge in [-0.2, -0.15) is 5.26 Å². The van der Waals surface area contributed by atoms with Crippen LogP contribution < -0.4 is 15.4 Å². The number of piperazine rings is 1. The van der Waals surface area contributed by atoms with Crippen molar-refractivity contribution in [1.29, 1.82) is 5.26 Å². The van der Waals surface area contributed by atoms with Crippen LogP contribution in [0, 0.1) is 24.1 Å². The highest BCUT2D eigenvalue weighted by molar-refractivity contribution is 8.26.